The number of nitrogens with zero attached hydrogens (tertiary/aromatic N) is 6. The number of anilines is 1. The molecule has 2 aromatic heterocycles. The highest BCUT2D eigenvalue weighted by atomic mass is 32.2. The maximum atomic E-state index is 11.8. The van der Waals surface area contributed by atoms with Crippen molar-refractivity contribution >= 4 is 34.8 Å². The van der Waals surface area contributed by atoms with Crippen LogP contribution in [-0.4, -0.2) is 74.2 Å². The molecule has 2 aliphatic heterocycles. The highest BCUT2D eigenvalue weighted by molar-refractivity contribution is 8.04. The SMILES string of the molecule is Cc1cc(-c2ncnc3nc(N4CC(N(C)C)C4)[nH]c23)ccc1CN1C=C(C(N)=O)SC1C(C)(C)C. The number of carbonyl (C=O) groups is 1. The molecule has 1 unspecified atom stereocenters. The molecule has 0 aliphatic carbocycles. The molecule has 9 nitrogen and oxygen atoms in total. The molecule has 4 heterocycles. The number of nitrogens with one attached hydrogen (secondary N) is 1. The van der Waals surface area contributed by atoms with E-state index in [0.717, 1.165) is 41.4 Å². The fraction of sp³-hybridized carbons (Fsp3) is 0.462. The molecule has 0 radical (unpaired) electrons. The fourth-order valence-corrected chi connectivity index (χ4v) is 5.90. The monoisotopic (exact) mass is 506 g/mol. The Labute approximate surface area is 216 Å². The van der Waals surface area contributed by atoms with Gasteiger partial charge in [-0.3, -0.25) is 4.79 Å². The van der Waals surface area contributed by atoms with Crippen LogP contribution in [0.4, 0.5) is 5.95 Å². The van der Waals surface area contributed by atoms with Gasteiger partial charge in [0, 0.05) is 37.4 Å². The smallest absolute Gasteiger partial charge is 0.256 e. The lowest BCUT2D eigenvalue weighted by atomic mass is 9.95. The second-order valence-corrected chi connectivity index (χ2v) is 12.1. The van der Waals surface area contributed by atoms with Gasteiger partial charge in [0.05, 0.1) is 16.0 Å². The molecular weight excluding hydrogens is 472 g/mol. The van der Waals surface area contributed by atoms with Gasteiger partial charge in [-0.2, -0.15) is 4.98 Å². The van der Waals surface area contributed by atoms with Crippen molar-refractivity contribution in [2.45, 2.75) is 45.7 Å². The zero-order chi connectivity index (χ0) is 25.8. The summed E-state index contributed by atoms with van der Waals surface area (Å²) in [5, 5.41) is 0.137. The maximum Gasteiger partial charge on any atom is 0.256 e. The number of hydrogen-bond acceptors (Lipinski definition) is 8. The van der Waals surface area contributed by atoms with E-state index in [0.29, 0.717) is 23.1 Å². The van der Waals surface area contributed by atoms with Gasteiger partial charge < -0.3 is 25.4 Å². The topological polar surface area (TPSA) is 107 Å². The van der Waals surface area contributed by atoms with E-state index in [9.17, 15) is 4.79 Å². The number of aryl methyl sites for hydroxylation is 1. The molecule has 0 bridgehead atoms. The number of benzene rings is 1. The Morgan fingerprint density at radius 1 is 1.25 bits per heavy atom. The second kappa shape index (κ2) is 9.08. The maximum absolute atomic E-state index is 11.8. The first kappa shape index (κ1) is 24.6. The lowest BCUT2D eigenvalue weighted by Crippen LogP contribution is -2.57. The Balaban J connectivity index is 1.40. The van der Waals surface area contributed by atoms with Crippen molar-refractivity contribution in [3.63, 3.8) is 0 Å². The zero-order valence-electron chi connectivity index (χ0n) is 21.7. The molecule has 0 saturated carbocycles. The lowest BCUT2D eigenvalue weighted by Gasteiger charge is -2.42. The number of primary amides is 1. The molecule has 36 heavy (non-hydrogen) atoms. The number of imidazole rings is 1. The van der Waals surface area contributed by atoms with Crippen molar-refractivity contribution in [3.8, 4) is 11.3 Å². The van der Waals surface area contributed by atoms with Crippen molar-refractivity contribution in [1.29, 1.82) is 0 Å². The number of nitrogens with two attached hydrogens (primary N) is 1. The van der Waals surface area contributed by atoms with Crippen LogP contribution in [0.3, 0.4) is 0 Å². The van der Waals surface area contributed by atoms with Crippen LogP contribution in [0, 0.1) is 12.3 Å². The third-order valence-corrected chi connectivity index (χ3v) is 8.71. The summed E-state index contributed by atoms with van der Waals surface area (Å²) in [4.78, 5) is 36.3. The molecule has 1 aromatic carbocycles. The summed E-state index contributed by atoms with van der Waals surface area (Å²) < 4.78 is 0. The Kier molecular flexibility index (Phi) is 6.20. The molecule has 1 saturated heterocycles. The Morgan fingerprint density at radius 3 is 2.64 bits per heavy atom. The summed E-state index contributed by atoms with van der Waals surface area (Å²) in [6.45, 7) is 11.3. The van der Waals surface area contributed by atoms with Gasteiger partial charge in [0.15, 0.2) is 5.65 Å². The number of rotatable bonds is 6. The van der Waals surface area contributed by atoms with Gasteiger partial charge in [-0.1, -0.05) is 44.7 Å². The number of hydrogen-bond donors (Lipinski definition) is 2. The van der Waals surface area contributed by atoms with Crippen molar-refractivity contribution < 1.29 is 4.79 Å². The fourth-order valence-electron chi connectivity index (χ4n) is 4.72. The van der Waals surface area contributed by atoms with Gasteiger partial charge in [-0.25, -0.2) is 9.97 Å². The molecule has 3 aromatic rings. The van der Waals surface area contributed by atoms with Gasteiger partial charge in [0.25, 0.3) is 5.91 Å². The number of carbonyl (C=O) groups excluding carboxylic acids is 1. The quantitative estimate of drug-likeness (QED) is 0.524. The molecule has 1 amide bonds. The minimum Gasteiger partial charge on any atom is -0.365 e. The van der Waals surface area contributed by atoms with Gasteiger partial charge in [-0.15, -0.1) is 0 Å². The minimum absolute atomic E-state index is 0.0138. The molecule has 5 rings (SSSR count). The van der Waals surface area contributed by atoms with Crippen LogP contribution in [0.1, 0.15) is 31.9 Å². The van der Waals surface area contributed by atoms with Gasteiger partial charge in [0.2, 0.25) is 5.95 Å². The van der Waals surface area contributed by atoms with Gasteiger partial charge in [-0.05, 0) is 43.6 Å². The third-order valence-electron chi connectivity index (χ3n) is 6.94. The average molecular weight is 507 g/mol. The molecular formula is C26H34N8OS. The number of thioether (sulfide) groups is 1. The number of H-pyrrole nitrogens is 1. The predicted octanol–water partition coefficient (Wildman–Crippen LogP) is 3.33. The van der Waals surface area contributed by atoms with Crippen LogP contribution in [0.2, 0.25) is 0 Å². The first-order chi connectivity index (χ1) is 17.0. The van der Waals surface area contributed by atoms with Crippen molar-refractivity contribution in [3.05, 3.63) is 46.8 Å². The number of aromatic amines is 1. The van der Waals surface area contributed by atoms with E-state index in [2.05, 4.69) is 89.6 Å². The first-order valence-electron chi connectivity index (χ1n) is 12.2. The molecule has 10 heteroatoms. The number of likely N-dealkylation sites (N-methyl/N-ethyl adjacent to an activating group) is 1. The summed E-state index contributed by atoms with van der Waals surface area (Å²) in [6.07, 6.45) is 3.49. The molecule has 1 atom stereocenters. The number of fused-ring (bicyclic) bond motifs is 1. The predicted molar refractivity (Wildman–Crippen MR) is 145 cm³/mol. The minimum atomic E-state index is -0.369. The van der Waals surface area contributed by atoms with Crippen molar-refractivity contribution in [1.82, 2.24) is 29.7 Å². The Morgan fingerprint density at radius 2 is 2.00 bits per heavy atom. The van der Waals surface area contributed by atoms with E-state index in [1.807, 2.05) is 6.20 Å². The highest BCUT2D eigenvalue weighted by Crippen LogP contribution is 2.43. The van der Waals surface area contributed by atoms with Crippen LogP contribution >= 0.6 is 11.8 Å². The van der Waals surface area contributed by atoms with E-state index in [-0.39, 0.29) is 16.7 Å². The Bertz CT molecular complexity index is 1340. The van der Waals surface area contributed by atoms with E-state index in [1.165, 1.54) is 5.56 Å². The lowest BCUT2D eigenvalue weighted by molar-refractivity contribution is -0.113. The first-order valence-corrected chi connectivity index (χ1v) is 13.0. The molecule has 0 spiro atoms. The van der Waals surface area contributed by atoms with Crippen LogP contribution in [0.25, 0.3) is 22.4 Å². The third kappa shape index (κ3) is 4.55. The van der Waals surface area contributed by atoms with E-state index in [4.69, 9.17) is 10.7 Å². The summed E-state index contributed by atoms with van der Waals surface area (Å²) in [6, 6.07) is 6.95. The van der Waals surface area contributed by atoms with Crippen molar-refractivity contribution in [2.24, 2.45) is 11.1 Å². The molecule has 190 valence electrons. The second-order valence-electron chi connectivity index (χ2n) is 11.0. The zero-order valence-corrected chi connectivity index (χ0v) is 22.6. The largest absolute Gasteiger partial charge is 0.365 e. The summed E-state index contributed by atoms with van der Waals surface area (Å²) in [5.74, 6) is 0.473. The van der Waals surface area contributed by atoms with E-state index < -0.39 is 0 Å². The Hall–Kier alpha value is -3.11. The van der Waals surface area contributed by atoms with Crippen LogP contribution in [0.15, 0.2) is 35.6 Å². The average Bonchev–Trinajstić information content (AvgIpc) is 3.38. The van der Waals surface area contributed by atoms with Crippen LogP contribution in [-0.2, 0) is 11.3 Å². The van der Waals surface area contributed by atoms with Crippen LogP contribution < -0.4 is 10.6 Å². The number of aromatic nitrogens is 4. The normalized spacial score (nSPS) is 18.8. The summed E-state index contributed by atoms with van der Waals surface area (Å²) in [7, 11) is 4.21. The van der Waals surface area contributed by atoms with E-state index in [1.54, 1.807) is 18.1 Å². The standard InChI is InChI=1S/C26H34N8OS/c1-15-9-16(7-8-17(15)10-33-13-19(22(27)35)36-24(33)26(2,3)4)20-21-23(29-14-28-20)31-25(30-21)34-11-18(12-34)32(5)6/h7-9,13-14,18,24H,10-12H2,1-6H3,(H2,27,35)(H,28,29,30,31). The molecule has 1 fully saturated rings. The van der Waals surface area contributed by atoms with Gasteiger partial charge in [0.1, 0.15) is 11.8 Å². The molecule has 3 N–H and O–H groups in total. The number of amides is 1. The highest BCUT2D eigenvalue weighted by Gasteiger charge is 2.36. The van der Waals surface area contributed by atoms with Crippen molar-refractivity contribution in [2.75, 3.05) is 32.1 Å². The van der Waals surface area contributed by atoms with E-state index >= 15 is 0 Å². The van der Waals surface area contributed by atoms with Gasteiger partial charge >= 0.3 is 0 Å². The summed E-state index contributed by atoms with van der Waals surface area (Å²) >= 11 is 1.55. The summed E-state index contributed by atoms with van der Waals surface area (Å²) in [5.41, 5.74) is 11.3. The molecule has 2 aliphatic rings. The van der Waals surface area contributed by atoms with Crippen LogP contribution in [0.5, 0.6) is 0 Å².